The van der Waals surface area contributed by atoms with Crippen molar-refractivity contribution in [2.24, 2.45) is 0 Å². The Morgan fingerprint density at radius 2 is 2.16 bits per heavy atom. The van der Waals surface area contributed by atoms with Crippen LogP contribution < -0.4 is 5.32 Å². The standard InChI is InChI=1S/C13H13BrF3NO/c1-12-6-18-4-11(12)8-2-7(14)3-10(13(15,16)17)9(8)5-19-12/h2-3,11,18H,4-6H2,1H3/t11-,12-/m0/s1. The summed E-state index contributed by atoms with van der Waals surface area (Å²) in [4.78, 5) is 0. The fourth-order valence-corrected chi connectivity index (χ4v) is 3.49. The van der Waals surface area contributed by atoms with Crippen molar-refractivity contribution in [1.29, 1.82) is 0 Å². The van der Waals surface area contributed by atoms with Crippen LogP contribution in [0.15, 0.2) is 16.6 Å². The van der Waals surface area contributed by atoms with E-state index in [4.69, 9.17) is 4.74 Å². The van der Waals surface area contributed by atoms with Crippen molar-refractivity contribution in [1.82, 2.24) is 5.32 Å². The lowest BCUT2D eigenvalue weighted by Crippen LogP contribution is -2.40. The van der Waals surface area contributed by atoms with Gasteiger partial charge in [-0.15, -0.1) is 0 Å². The van der Waals surface area contributed by atoms with Gasteiger partial charge < -0.3 is 10.1 Å². The number of ether oxygens (including phenoxy) is 1. The van der Waals surface area contributed by atoms with Crippen molar-refractivity contribution in [3.8, 4) is 0 Å². The molecule has 0 aliphatic carbocycles. The second kappa shape index (κ2) is 4.20. The van der Waals surface area contributed by atoms with Gasteiger partial charge in [0, 0.05) is 23.5 Å². The van der Waals surface area contributed by atoms with Crippen molar-refractivity contribution in [2.45, 2.75) is 31.2 Å². The molecule has 1 saturated heterocycles. The fourth-order valence-electron chi connectivity index (χ4n) is 3.01. The van der Waals surface area contributed by atoms with Gasteiger partial charge >= 0.3 is 6.18 Å². The Balaban J connectivity index is 2.18. The first kappa shape index (κ1) is 13.4. The third-order valence-corrected chi connectivity index (χ3v) is 4.50. The summed E-state index contributed by atoms with van der Waals surface area (Å²) in [7, 11) is 0. The van der Waals surface area contributed by atoms with E-state index in [1.54, 1.807) is 6.07 Å². The maximum absolute atomic E-state index is 13.1. The highest BCUT2D eigenvalue weighted by Crippen LogP contribution is 2.46. The van der Waals surface area contributed by atoms with Crippen LogP contribution in [0.3, 0.4) is 0 Å². The minimum absolute atomic E-state index is 0.0200. The van der Waals surface area contributed by atoms with Crippen molar-refractivity contribution >= 4 is 15.9 Å². The molecule has 0 radical (unpaired) electrons. The molecular formula is C13H13BrF3NO. The molecule has 2 aliphatic heterocycles. The summed E-state index contributed by atoms with van der Waals surface area (Å²) in [6.45, 7) is 3.29. The second-order valence-electron chi connectivity index (χ2n) is 5.30. The molecule has 2 nitrogen and oxygen atoms in total. The number of benzene rings is 1. The van der Waals surface area contributed by atoms with E-state index in [2.05, 4.69) is 21.2 Å². The van der Waals surface area contributed by atoms with Crippen molar-refractivity contribution in [3.63, 3.8) is 0 Å². The third-order valence-electron chi connectivity index (χ3n) is 4.04. The van der Waals surface area contributed by atoms with Crippen molar-refractivity contribution < 1.29 is 17.9 Å². The van der Waals surface area contributed by atoms with E-state index in [-0.39, 0.29) is 18.1 Å². The average Bonchev–Trinajstić information content (AvgIpc) is 2.69. The molecule has 1 N–H and O–H groups in total. The van der Waals surface area contributed by atoms with E-state index in [0.29, 0.717) is 17.6 Å². The highest BCUT2D eigenvalue weighted by Gasteiger charge is 2.47. The van der Waals surface area contributed by atoms with E-state index < -0.39 is 17.3 Å². The average molecular weight is 336 g/mol. The number of nitrogens with one attached hydrogen (secondary N) is 1. The summed E-state index contributed by atoms with van der Waals surface area (Å²) in [6, 6.07) is 2.93. The van der Waals surface area contributed by atoms with Crippen LogP contribution in [0.1, 0.15) is 29.5 Å². The van der Waals surface area contributed by atoms with Crippen LogP contribution in [0.25, 0.3) is 0 Å². The predicted molar refractivity (Wildman–Crippen MR) is 67.9 cm³/mol. The summed E-state index contributed by atoms with van der Waals surface area (Å²) < 4.78 is 45.5. The van der Waals surface area contributed by atoms with Gasteiger partial charge in [-0.3, -0.25) is 0 Å². The predicted octanol–water partition coefficient (Wildman–Crippen LogP) is 3.44. The summed E-state index contributed by atoms with van der Waals surface area (Å²) in [5.74, 6) is -0.0325. The van der Waals surface area contributed by atoms with Crippen molar-refractivity contribution in [3.05, 3.63) is 33.3 Å². The number of hydrogen-bond acceptors (Lipinski definition) is 2. The minimum atomic E-state index is -4.35. The van der Waals surface area contributed by atoms with Gasteiger partial charge in [0.05, 0.1) is 17.8 Å². The first-order valence-electron chi connectivity index (χ1n) is 6.05. The zero-order valence-corrected chi connectivity index (χ0v) is 11.9. The molecular weight excluding hydrogens is 323 g/mol. The summed E-state index contributed by atoms with van der Waals surface area (Å²) >= 11 is 3.19. The summed E-state index contributed by atoms with van der Waals surface area (Å²) in [6.07, 6.45) is -4.35. The van der Waals surface area contributed by atoms with Gasteiger partial charge in [-0.25, -0.2) is 0 Å². The van der Waals surface area contributed by atoms with Crippen molar-refractivity contribution in [2.75, 3.05) is 13.1 Å². The lowest BCUT2D eigenvalue weighted by Gasteiger charge is -2.38. The van der Waals surface area contributed by atoms with Crippen LogP contribution in [0.2, 0.25) is 0 Å². The molecule has 0 aromatic heterocycles. The molecule has 2 atom stereocenters. The highest BCUT2D eigenvalue weighted by molar-refractivity contribution is 9.10. The van der Waals surface area contributed by atoms with Crippen LogP contribution in [0.4, 0.5) is 13.2 Å². The molecule has 19 heavy (non-hydrogen) atoms. The molecule has 104 valence electrons. The second-order valence-corrected chi connectivity index (χ2v) is 6.22. The number of hydrogen-bond donors (Lipinski definition) is 1. The Bertz CT molecular complexity index is 531. The quantitative estimate of drug-likeness (QED) is 0.784. The van der Waals surface area contributed by atoms with Crippen LogP contribution in [0, 0.1) is 0 Å². The van der Waals surface area contributed by atoms with Gasteiger partial charge in [-0.2, -0.15) is 13.2 Å². The zero-order chi connectivity index (χ0) is 13.8. The normalized spacial score (nSPS) is 30.1. The molecule has 2 heterocycles. The van der Waals surface area contributed by atoms with Gasteiger partial charge in [0.1, 0.15) is 0 Å². The Morgan fingerprint density at radius 1 is 1.42 bits per heavy atom. The maximum Gasteiger partial charge on any atom is 0.416 e. The lowest BCUT2D eigenvalue weighted by molar-refractivity contribution is -0.141. The monoisotopic (exact) mass is 335 g/mol. The highest BCUT2D eigenvalue weighted by atomic mass is 79.9. The largest absolute Gasteiger partial charge is 0.416 e. The van der Waals surface area contributed by atoms with E-state index >= 15 is 0 Å². The maximum atomic E-state index is 13.1. The van der Waals surface area contributed by atoms with Gasteiger partial charge in [0.15, 0.2) is 0 Å². The van der Waals surface area contributed by atoms with E-state index in [9.17, 15) is 13.2 Å². The van der Waals surface area contributed by atoms with Gasteiger partial charge in [0.2, 0.25) is 0 Å². The molecule has 1 aromatic carbocycles. The van der Waals surface area contributed by atoms with Crippen LogP contribution in [-0.2, 0) is 17.5 Å². The molecule has 6 heteroatoms. The number of fused-ring (bicyclic) bond motifs is 3. The van der Waals surface area contributed by atoms with Gasteiger partial charge in [-0.05, 0) is 30.2 Å². The third kappa shape index (κ3) is 2.10. The van der Waals surface area contributed by atoms with E-state index in [1.807, 2.05) is 6.92 Å². The molecule has 0 spiro atoms. The molecule has 3 rings (SSSR count). The zero-order valence-electron chi connectivity index (χ0n) is 10.3. The molecule has 0 unspecified atom stereocenters. The number of alkyl halides is 3. The van der Waals surface area contributed by atoms with Crippen LogP contribution in [0.5, 0.6) is 0 Å². The Morgan fingerprint density at radius 3 is 2.84 bits per heavy atom. The Hall–Kier alpha value is -0.590. The summed E-state index contributed by atoms with van der Waals surface area (Å²) in [5, 5.41) is 3.20. The van der Waals surface area contributed by atoms with Crippen LogP contribution in [-0.4, -0.2) is 18.7 Å². The van der Waals surface area contributed by atoms with Gasteiger partial charge in [-0.1, -0.05) is 15.9 Å². The molecule has 0 bridgehead atoms. The molecule has 1 fully saturated rings. The Kier molecular flexibility index (Phi) is 2.96. The first-order valence-corrected chi connectivity index (χ1v) is 6.85. The Labute approximate surface area is 117 Å². The minimum Gasteiger partial charge on any atom is -0.369 e. The van der Waals surface area contributed by atoms with Crippen LogP contribution >= 0.6 is 15.9 Å². The smallest absolute Gasteiger partial charge is 0.369 e. The number of rotatable bonds is 0. The van der Waals surface area contributed by atoms with E-state index in [0.717, 1.165) is 11.6 Å². The molecule has 1 aromatic rings. The molecule has 0 saturated carbocycles. The summed E-state index contributed by atoms with van der Waals surface area (Å²) in [5.41, 5.74) is 0.0320. The van der Waals surface area contributed by atoms with Gasteiger partial charge in [0.25, 0.3) is 0 Å². The fraction of sp³-hybridized carbons (Fsp3) is 0.538. The number of halogens is 4. The topological polar surface area (TPSA) is 21.3 Å². The lowest BCUT2D eigenvalue weighted by atomic mass is 9.80. The van der Waals surface area contributed by atoms with E-state index in [1.165, 1.54) is 0 Å². The first-order chi connectivity index (χ1) is 8.81. The SMILES string of the molecule is C[C@]12CNC[C@H]1c1cc(Br)cc(C(F)(F)F)c1CO2. The molecule has 0 amide bonds. The molecule has 2 aliphatic rings.